The molecule has 5 nitrogen and oxygen atoms in total. The summed E-state index contributed by atoms with van der Waals surface area (Å²) in [5, 5.41) is 23.7. The average Bonchev–Trinajstić information content (AvgIpc) is 2.28. The maximum absolute atomic E-state index is 13.7. The molecule has 0 radical (unpaired) electrons. The quantitative estimate of drug-likeness (QED) is 0.271. The Morgan fingerprint density at radius 1 is 1.50 bits per heavy atom. The number of nitrogens with two attached hydrogens (primary N) is 1. The fourth-order valence-electron chi connectivity index (χ4n) is 1.41. The van der Waals surface area contributed by atoms with E-state index in [2.05, 4.69) is 10.5 Å². The lowest BCUT2D eigenvalue weighted by atomic mass is 10.1. The summed E-state index contributed by atoms with van der Waals surface area (Å²) in [4.78, 5) is 0. The molecule has 0 fully saturated rings. The largest absolute Gasteiger partial charge is 0.409 e. The number of oxime groups is 1. The number of amidine groups is 1. The van der Waals surface area contributed by atoms with Crippen molar-refractivity contribution in [2.75, 3.05) is 6.54 Å². The molecule has 0 aliphatic carbocycles. The zero-order chi connectivity index (χ0) is 13.8. The fourth-order valence-corrected chi connectivity index (χ4v) is 1.41. The van der Waals surface area contributed by atoms with Crippen LogP contribution in [0.15, 0.2) is 23.4 Å². The summed E-state index contributed by atoms with van der Waals surface area (Å²) in [6.45, 7) is 3.98. The molecule has 6 heteroatoms. The Kier molecular flexibility index (Phi) is 4.63. The summed E-state index contributed by atoms with van der Waals surface area (Å²) in [6.07, 6.45) is 0. The number of aliphatic hydroxyl groups is 1. The van der Waals surface area contributed by atoms with Gasteiger partial charge in [0.1, 0.15) is 5.82 Å². The minimum absolute atomic E-state index is 0.134. The molecule has 0 heterocycles. The summed E-state index contributed by atoms with van der Waals surface area (Å²) in [5.41, 5.74) is 5.29. The first-order valence-electron chi connectivity index (χ1n) is 5.53. The standard InChI is InChI=1S/C12H18FN3O2/c1-12(2,17)7-15-6-9-4-3-8(5-10(9)13)11(14)16-18/h3-5,15,17-18H,6-7H2,1-2H3,(H2,14,16). The van der Waals surface area contributed by atoms with Gasteiger partial charge >= 0.3 is 0 Å². The van der Waals surface area contributed by atoms with Gasteiger partial charge < -0.3 is 21.4 Å². The maximum Gasteiger partial charge on any atom is 0.170 e. The van der Waals surface area contributed by atoms with Crippen LogP contribution >= 0.6 is 0 Å². The van der Waals surface area contributed by atoms with E-state index in [9.17, 15) is 9.50 Å². The SMILES string of the molecule is CC(C)(O)CNCc1ccc(C(N)=NO)cc1F. The molecule has 0 atom stereocenters. The van der Waals surface area contributed by atoms with Crippen LogP contribution in [-0.2, 0) is 6.54 Å². The molecule has 0 saturated carbocycles. The van der Waals surface area contributed by atoms with E-state index in [1.165, 1.54) is 6.07 Å². The Balaban J connectivity index is 2.69. The third-order valence-electron chi connectivity index (χ3n) is 2.33. The molecular formula is C12H18FN3O2. The molecule has 0 amide bonds. The van der Waals surface area contributed by atoms with Crippen LogP contribution in [0.4, 0.5) is 4.39 Å². The minimum atomic E-state index is -0.843. The van der Waals surface area contributed by atoms with Gasteiger partial charge in [0.15, 0.2) is 5.84 Å². The van der Waals surface area contributed by atoms with Crippen molar-refractivity contribution in [1.29, 1.82) is 0 Å². The highest BCUT2D eigenvalue weighted by molar-refractivity contribution is 5.97. The second-order valence-corrected chi connectivity index (χ2v) is 4.71. The molecule has 5 N–H and O–H groups in total. The molecule has 0 aliphatic heterocycles. The average molecular weight is 255 g/mol. The molecule has 18 heavy (non-hydrogen) atoms. The molecular weight excluding hydrogens is 237 g/mol. The van der Waals surface area contributed by atoms with Crippen LogP contribution in [0.3, 0.4) is 0 Å². The number of rotatable bonds is 5. The van der Waals surface area contributed by atoms with E-state index in [-0.39, 0.29) is 5.84 Å². The molecule has 100 valence electrons. The number of benzene rings is 1. The number of halogens is 1. The summed E-state index contributed by atoms with van der Waals surface area (Å²) < 4.78 is 13.7. The van der Waals surface area contributed by atoms with Gasteiger partial charge in [-0.05, 0) is 19.9 Å². The molecule has 1 aromatic rings. The van der Waals surface area contributed by atoms with E-state index in [4.69, 9.17) is 10.9 Å². The molecule has 0 aromatic heterocycles. The van der Waals surface area contributed by atoms with E-state index in [0.717, 1.165) is 0 Å². The number of nitrogens with zero attached hydrogens (tertiary/aromatic N) is 1. The first kappa shape index (κ1) is 14.4. The topological polar surface area (TPSA) is 90.9 Å². The summed E-state index contributed by atoms with van der Waals surface area (Å²) >= 11 is 0. The number of hydrogen-bond donors (Lipinski definition) is 4. The van der Waals surface area contributed by atoms with Crippen molar-refractivity contribution in [1.82, 2.24) is 5.32 Å². The van der Waals surface area contributed by atoms with Crippen molar-refractivity contribution < 1.29 is 14.7 Å². The van der Waals surface area contributed by atoms with Gasteiger partial charge in [-0.25, -0.2) is 4.39 Å². The Morgan fingerprint density at radius 3 is 2.67 bits per heavy atom. The Labute approximate surface area is 105 Å². The molecule has 0 aliphatic rings. The highest BCUT2D eigenvalue weighted by Gasteiger charge is 2.12. The first-order chi connectivity index (χ1) is 8.33. The predicted molar refractivity (Wildman–Crippen MR) is 66.9 cm³/mol. The normalized spacial score (nSPS) is 12.8. The van der Waals surface area contributed by atoms with Gasteiger partial charge in [0, 0.05) is 24.2 Å². The third kappa shape index (κ3) is 4.31. The lowest BCUT2D eigenvalue weighted by Gasteiger charge is -2.17. The zero-order valence-electron chi connectivity index (χ0n) is 10.4. The van der Waals surface area contributed by atoms with E-state index >= 15 is 0 Å². The van der Waals surface area contributed by atoms with Crippen molar-refractivity contribution in [3.63, 3.8) is 0 Å². The minimum Gasteiger partial charge on any atom is -0.409 e. The third-order valence-corrected chi connectivity index (χ3v) is 2.33. The Morgan fingerprint density at radius 2 is 2.17 bits per heavy atom. The van der Waals surface area contributed by atoms with Gasteiger partial charge in [0.25, 0.3) is 0 Å². The van der Waals surface area contributed by atoms with Gasteiger partial charge in [-0.15, -0.1) is 0 Å². The summed E-state index contributed by atoms with van der Waals surface area (Å²) in [7, 11) is 0. The molecule has 0 saturated heterocycles. The van der Waals surface area contributed by atoms with Crippen LogP contribution in [0.5, 0.6) is 0 Å². The molecule has 1 aromatic carbocycles. The lowest BCUT2D eigenvalue weighted by Crippen LogP contribution is -2.34. The van der Waals surface area contributed by atoms with Crippen LogP contribution in [0, 0.1) is 5.82 Å². The molecule has 0 unspecified atom stereocenters. The second-order valence-electron chi connectivity index (χ2n) is 4.71. The van der Waals surface area contributed by atoms with E-state index in [1.807, 2.05) is 0 Å². The Bertz CT molecular complexity index is 441. The summed E-state index contributed by atoms with van der Waals surface area (Å²) in [5.74, 6) is -0.577. The highest BCUT2D eigenvalue weighted by Crippen LogP contribution is 2.10. The highest BCUT2D eigenvalue weighted by atomic mass is 19.1. The fraction of sp³-hybridized carbons (Fsp3) is 0.417. The lowest BCUT2D eigenvalue weighted by molar-refractivity contribution is 0.0794. The van der Waals surface area contributed by atoms with Crippen molar-refractivity contribution in [3.8, 4) is 0 Å². The summed E-state index contributed by atoms with van der Waals surface area (Å²) in [6, 6.07) is 4.33. The van der Waals surface area contributed by atoms with Crippen molar-refractivity contribution in [2.45, 2.75) is 26.0 Å². The van der Waals surface area contributed by atoms with Crippen LogP contribution in [-0.4, -0.2) is 28.3 Å². The van der Waals surface area contributed by atoms with E-state index < -0.39 is 11.4 Å². The van der Waals surface area contributed by atoms with Gasteiger partial charge in [-0.3, -0.25) is 0 Å². The Hall–Kier alpha value is -1.66. The maximum atomic E-state index is 13.7. The number of hydrogen-bond acceptors (Lipinski definition) is 4. The first-order valence-corrected chi connectivity index (χ1v) is 5.53. The van der Waals surface area contributed by atoms with E-state index in [0.29, 0.717) is 24.2 Å². The van der Waals surface area contributed by atoms with Crippen LogP contribution < -0.4 is 11.1 Å². The smallest absolute Gasteiger partial charge is 0.170 e. The number of nitrogens with one attached hydrogen (secondary N) is 1. The zero-order valence-corrected chi connectivity index (χ0v) is 10.4. The second kappa shape index (κ2) is 5.79. The van der Waals surface area contributed by atoms with E-state index in [1.54, 1.807) is 26.0 Å². The van der Waals surface area contributed by atoms with Gasteiger partial charge in [0.2, 0.25) is 0 Å². The van der Waals surface area contributed by atoms with Gasteiger partial charge in [-0.2, -0.15) is 0 Å². The van der Waals surface area contributed by atoms with Crippen molar-refractivity contribution >= 4 is 5.84 Å². The molecule has 1 rings (SSSR count). The monoisotopic (exact) mass is 255 g/mol. The van der Waals surface area contributed by atoms with Crippen molar-refractivity contribution in [3.05, 3.63) is 35.1 Å². The van der Waals surface area contributed by atoms with Crippen LogP contribution in [0.2, 0.25) is 0 Å². The van der Waals surface area contributed by atoms with Gasteiger partial charge in [-0.1, -0.05) is 17.3 Å². The van der Waals surface area contributed by atoms with Crippen LogP contribution in [0.25, 0.3) is 0 Å². The van der Waals surface area contributed by atoms with Gasteiger partial charge in [0.05, 0.1) is 5.60 Å². The molecule has 0 bridgehead atoms. The van der Waals surface area contributed by atoms with Crippen LogP contribution in [0.1, 0.15) is 25.0 Å². The molecule has 0 spiro atoms. The van der Waals surface area contributed by atoms with Crippen molar-refractivity contribution in [2.24, 2.45) is 10.9 Å². The predicted octanol–water partition coefficient (Wildman–Crippen LogP) is 0.781.